The molecule has 4 rings (SSSR count). The molecule has 0 radical (unpaired) electrons. The molecule has 3 amide bonds. The summed E-state index contributed by atoms with van der Waals surface area (Å²) >= 11 is 0.769. The van der Waals surface area contributed by atoms with Crippen LogP contribution in [0.25, 0.3) is 6.08 Å². The number of rotatable bonds is 8. The summed E-state index contributed by atoms with van der Waals surface area (Å²) in [5, 5.41) is 8.33. The molecular formula is C25H24N2O7S. The fourth-order valence-electron chi connectivity index (χ4n) is 3.87. The van der Waals surface area contributed by atoms with Gasteiger partial charge in [0.1, 0.15) is 6.54 Å². The summed E-state index contributed by atoms with van der Waals surface area (Å²) in [5.41, 5.74) is 2.85. The standard InChI is InChI=1S/C25H24N2O7S/c1-2-33-20-11-16(7-8-19(20)34-15-23(29)30)12-21-24(31)27(25(32)35-21)14-22(28)26-10-9-17-5-3-4-6-18(17)13-26/h3-8,11-12H,2,9-10,13-15H2,1H3,(H,29,30). The number of thioether (sulfide) groups is 1. The van der Waals surface area contributed by atoms with Crippen LogP contribution in [0.15, 0.2) is 47.4 Å². The maximum Gasteiger partial charge on any atom is 0.341 e. The summed E-state index contributed by atoms with van der Waals surface area (Å²) in [6, 6.07) is 12.7. The van der Waals surface area contributed by atoms with Gasteiger partial charge in [-0.1, -0.05) is 30.3 Å². The quantitative estimate of drug-likeness (QED) is 0.555. The van der Waals surface area contributed by atoms with Gasteiger partial charge in [0.05, 0.1) is 11.5 Å². The van der Waals surface area contributed by atoms with Crippen LogP contribution in [-0.4, -0.2) is 64.2 Å². The fraction of sp³-hybridized carbons (Fsp3) is 0.280. The average molecular weight is 497 g/mol. The first-order valence-corrected chi connectivity index (χ1v) is 11.9. The van der Waals surface area contributed by atoms with Gasteiger partial charge in [0.15, 0.2) is 18.1 Å². The number of hydrogen-bond donors (Lipinski definition) is 1. The van der Waals surface area contributed by atoms with Crippen LogP contribution in [0.2, 0.25) is 0 Å². The van der Waals surface area contributed by atoms with E-state index >= 15 is 0 Å². The highest BCUT2D eigenvalue weighted by molar-refractivity contribution is 8.18. The van der Waals surface area contributed by atoms with Crippen LogP contribution >= 0.6 is 11.8 Å². The Morgan fingerprint density at radius 3 is 2.60 bits per heavy atom. The van der Waals surface area contributed by atoms with Crippen molar-refractivity contribution in [3.8, 4) is 11.5 Å². The Hall–Kier alpha value is -3.79. The van der Waals surface area contributed by atoms with Gasteiger partial charge in [-0.15, -0.1) is 0 Å². The number of fused-ring (bicyclic) bond motifs is 1. The van der Waals surface area contributed by atoms with E-state index in [9.17, 15) is 19.2 Å². The van der Waals surface area contributed by atoms with Crippen molar-refractivity contribution in [2.24, 2.45) is 0 Å². The molecule has 0 spiro atoms. The molecule has 1 saturated heterocycles. The Balaban J connectivity index is 1.45. The third-order valence-corrected chi connectivity index (χ3v) is 6.47. The summed E-state index contributed by atoms with van der Waals surface area (Å²) < 4.78 is 10.8. The smallest absolute Gasteiger partial charge is 0.341 e. The van der Waals surface area contributed by atoms with Crippen LogP contribution in [0.5, 0.6) is 11.5 Å². The number of carbonyl (C=O) groups is 4. The fourth-order valence-corrected chi connectivity index (χ4v) is 4.71. The molecule has 0 aromatic heterocycles. The summed E-state index contributed by atoms with van der Waals surface area (Å²) in [7, 11) is 0. The minimum atomic E-state index is -1.12. The molecule has 182 valence electrons. The van der Waals surface area contributed by atoms with Crippen LogP contribution in [0, 0.1) is 0 Å². The van der Waals surface area contributed by atoms with Gasteiger partial charge in [-0.25, -0.2) is 4.79 Å². The molecule has 2 heterocycles. The molecule has 2 aliphatic rings. The van der Waals surface area contributed by atoms with Gasteiger partial charge in [0, 0.05) is 13.1 Å². The van der Waals surface area contributed by atoms with E-state index in [-0.39, 0.29) is 23.1 Å². The maximum atomic E-state index is 12.9. The first-order valence-electron chi connectivity index (χ1n) is 11.1. The largest absolute Gasteiger partial charge is 0.490 e. The molecule has 1 fully saturated rings. The molecule has 0 saturated carbocycles. The van der Waals surface area contributed by atoms with E-state index in [1.807, 2.05) is 24.3 Å². The minimum Gasteiger partial charge on any atom is -0.490 e. The molecule has 10 heteroatoms. The zero-order valence-electron chi connectivity index (χ0n) is 19.1. The predicted molar refractivity (Wildman–Crippen MR) is 129 cm³/mol. The Labute approximate surface area is 206 Å². The SMILES string of the molecule is CCOc1cc(C=C2SC(=O)N(CC(=O)N3CCc4ccccc4C3)C2=O)ccc1OCC(=O)O. The second-order valence-corrected chi connectivity index (χ2v) is 8.92. The Morgan fingerprint density at radius 2 is 1.86 bits per heavy atom. The van der Waals surface area contributed by atoms with E-state index < -0.39 is 23.7 Å². The van der Waals surface area contributed by atoms with E-state index in [1.165, 1.54) is 11.6 Å². The highest BCUT2D eigenvalue weighted by Gasteiger charge is 2.37. The Kier molecular flexibility index (Phi) is 7.40. The van der Waals surface area contributed by atoms with Crippen molar-refractivity contribution in [2.45, 2.75) is 19.9 Å². The van der Waals surface area contributed by atoms with Crippen LogP contribution < -0.4 is 9.47 Å². The number of hydrogen-bond acceptors (Lipinski definition) is 7. The molecule has 2 aromatic carbocycles. The monoisotopic (exact) mass is 496 g/mol. The van der Waals surface area contributed by atoms with E-state index in [1.54, 1.807) is 30.0 Å². The van der Waals surface area contributed by atoms with Crippen molar-refractivity contribution in [1.29, 1.82) is 0 Å². The summed E-state index contributed by atoms with van der Waals surface area (Å²) in [4.78, 5) is 51.9. The van der Waals surface area contributed by atoms with Crippen molar-refractivity contribution in [3.05, 3.63) is 64.1 Å². The van der Waals surface area contributed by atoms with Crippen molar-refractivity contribution >= 4 is 40.9 Å². The number of nitrogens with zero attached hydrogens (tertiary/aromatic N) is 2. The molecule has 2 aliphatic heterocycles. The molecule has 0 unspecified atom stereocenters. The zero-order valence-corrected chi connectivity index (χ0v) is 19.9. The molecule has 2 aromatic rings. The van der Waals surface area contributed by atoms with Gasteiger partial charge < -0.3 is 19.5 Å². The van der Waals surface area contributed by atoms with E-state index in [2.05, 4.69) is 0 Å². The first-order chi connectivity index (χ1) is 16.9. The van der Waals surface area contributed by atoms with Gasteiger partial charge in [-0.05, 0) is 60.0 Å². The van der Waals surface area contributed by atoms with Crippen molar-refractivity contribution in [3.63, 3.8) is 0 Å². The van der Waals surface area contributed by atoms with E-state index in [4.69, 9.17) is 14.6 Å². The number of aliphatic carboxylic acids is 1. The minimum absolute atomic E-state index is 0.188. The van der Waals surface area contributed by atoms with Crippen molar-refractivity contribution < 1.29 is 33.8 Å². The normalized spacial score (nSPS) is 16.4. The molecule has 0 aliphatic carbocycles. The van der Waals surface area contributed by atoms with Crippen LogP contribution in [-0.2, 0) is 27.3 Å². The molecule has 1 N–H and O–H groups in total. The second kappa shape index (κ2) is 10.6. The number of ether oxygens (including phenoxy) is 2. The molecular weight excluding hydrogens is 472 g/mol. The van der Waals surface area contributed by atoms with Gasteiger partial charge in [-0.2, -0.15) is 0 Å². The third kappa shape index (κ3) is 5.65. The van der Waals surface area contributed by atoms with Crippen LogP contribution in [0.4, 0.5) is 4.79 Å². The molecule has 0 atom stereocenters. The second-order valence-electron chi connectivity index (χ2n) is 7.92. The van der Waals surface area contributed by atoms with Crippen molar-refractivity contribution in [2.75, 3.05) is 26.3 Å². The number of carboxylic acid groups (broad SMARTS) is 1. The highest BCUT2D eigenvalue weighted by Crippen LogP contribution is 2.35. The Bertz CT molecular complexity index is 1210. The lowest BCUT2D eigenvalue weighted by Crippen LogP contribution is -2.44. The van der Waals surface area contributed by atoms with Gasteiger partial charge in [0.2, 0.25) is 5.91 Å². The third-order valence-electron chi connectivity index (χ3n) is 5.57. The first kappa shape index (κ1) is 24.3. The summed E-state index contributed by atoms with van der Waals surface area (Å²) in [6.45, 7) is 2.27. The predicted octanol–water partition coefficient (Wildman–Crippen LogP) is 3.17. The highest BCUT2D eigenvalue weighted by atomic mass is 32.2. The maximum absolute atomic E-state index is 12.9. The number of imide groups is 1. The number of amides is 3. The van der Waals surface area contributed by atoms with Gasteiger partial charge in [-0.3, -0.25) is 19.3 Å². The lowest BCUT2D eigenvalue weighted by atomic mass is 10.00. The average Bonchev–Trinajstić information content (AvgIpc) is 3.10. The van der Waals surface area contributed by atoms with Crippen LogP contribution in [0.3, 0.4) is 0 Å². The Morgan fingerprint density at radius 1 is 1.09 bits per heavy atom. The topological polar surface area (TPSA) is 113 Å². The van der Waals surface area contributed by atoms with Crippen molar-refractivity contribution in [1.82, 2.24) is 9.80 Å². The van der Waals surface area contributed by atoms with E-state index in [0.717, 1.165) is 28.6 Å². The van der Waals surface area contributed by atoms with Gasteiger partial charge in [0.25, 0.3) is 11.1 Å². The number of carboxylic acids is 1. The molecule has 35 heavy (non-hydrogen) atoms. The number of benzene rings is 2. The molecule has 9 nitrogen and oxygen atoms in total. The summed E-state index contributed by atoms with van der Waals surface area (Å²) in [6.07, 6.45) is 2.27. The summed E-state index contributed by atoms with van der Waals surface area (Å²) in [5.74, 6) is -1.35. The zero-order chi connectivity index (χ0) is 24.9. The lowest BCUT2D eigenvalue weighted by molar-refractivity contribution is -0.139. The van der Waals surface area contributed by atoms with Gasteiger partial charge >= 0.3 is 5.97 Å². The van der Waals surface area contributed by atoms with Crippen LogP contribution in [0.1, 0.15) is 23.6 Å². The van der Waals surface area contributed by atoms with E-state index in [0.29, 0.717) is 31.0 Å². The molecule has 0 bridgehead atoms. The lowest BCUT2D eigenvalue weighted by Gasteiger charge is -2.29. The number of carbonyl (C=O) groups excluding carboxylic acids is 3.